The first-order chi connectivity index (χ1) is 15.1. The summed E-state index contributed by atoms with van der Waals surface area (Å²) in [7, 11) is 1.63. The molecule has 0 radical (unpaired) electrons. The van der Waals surface area contributed by atoms with Crippen molar-refractivity contribution in [1.29, 1.82) is 0 Å². The number of amides is 2. The largest absolute Gasteiger partial charge is 0.483 e. The number of rotatable bonds is 9. The summed E-state index contributed by atoms with van der Waals surface area (Å²) in [6.07, 6.45) is 10.9. The molecule has 3 rings (SSSR count). The number of imidazole rings is 1. The van der Waals surface area contributed by atoms with Crippen LogP contribution in [0.5, 0.6) is 0 Å². The van der Waals surface area contributed by atoms with Gasteiger partial charge in [-0.15, -0.1) is 0 Å². The number of methoxy groups -OCH3 is 1. The SMILES string of the molecule is CO[C@H]1C[C@@H](C(=O)NCc2ncc[nH]2)CC[C@@H]1NC(=O)CCCc1cn[nH]c1.O=CO. The average Bonchev–Trinajstić information content (AvgIpc) is 3.47. The Balaban J connectivity index is 0.00000107. The molecule has 0 aromatic carbocycles. The molecule has 11 heteroatoms. The van der Waals surface area contributed by atoms with Crippen LogP contribution >= 0.6 is 0 Å². The fraction of sp³-hybridized carbons (Fsp3) is 0.550. The van der Waals surface area contributed by atoms with Crippen LogP contribution in [0.25, 0.3) is 0 Å². The highest BCUT2D eigenvalue weighted by molar-refractivity contribution is 5.79. The Hall–Kier alpha value is -3.21. The van der Waals surface area contributed by atoms with Gasteiger partial charge in [0.1, 0.15) is 5.82 Å². The van der Waals surface area contributed by atoms with Gasteiger partial charge in [0.2, 0.25) is 11.8 Å². The Labute approximate surface area is 180 Å². The van der Waals surface area contributed by atoms with Crippen LogP contribution in [0.15, 0.2) is 24.8 Å². The van der Waals surface area contributed by atoms with E-state index in [4.69, 9.17) is 14.6 Å². The van der Waals surface area contributed by atoms with E-state index in [1.165, 1.54) is 0 Å². The lowest BCUT2D eigenvalue weighted by Gasteiger charge is -2.35. The molecular weight excluding hydrogens is 404 g/mol. The number of hydrogen-bond acceptors (Lipinski definition) is 6. The second-order valence-corrected chi connectivity index (χ2v) is 7.28. The van der Waals surface area contributed by atoms with Crippen molar-refractivity contribution >= 4 is 18.3 Å². The Morgan fingerprint density at radius 3 is 2.84 bits per heavy atom. The second-order valence-electron chi connectivity index (χ2n) is 7.28. The summed E-state index contributed by atoms with van der Waals surface area (Å²) in [5, 5.41) is 19.6. The number of carbonyl (C=O) groups excluding carboxylic acids is 2. The zero-order chi connectivity index (χ0) is 22.5. The van der Waals surface area contributed by atoms with Crippen molar-refractivity contribution in [3.63, 3.8) is 0 Å². The van der Waals surface area contributed by atoms with Crippen molar-refractivity contribution in [3.05, 3.63) is 36.2 Å². The van der Waals surface area contributed by atoms with E-state index in [2.05, 4.69) is 30.8 Å². The Kier molecular flexibility index (Phi) is 10.2. The summed E-state index contributed by atoms with van der Waals surface area (Å²) >= 11 is 0. The first-order valence-electron chi connectivity index (χ1n) is 10.2. The van der Waals surface area contributed by atoms with Crippen molar-refractivity contribution in [2.45, 2.75) is 57.2 Å². The highest BCUT2D eigenvalue weighted by Crippen LogP contribution is 2.27. The van der Waals surface area contributed by atoms with Gasteiger partial charge in [0.05, 0.1) is 24.9 Å². The van der Waals surface area contributed by atoms with Crippen molar-refractivity contribution in [1.82, 2.24) is 30.8 Å². The zero-order valence-electron chi connectivity index (χ0n) is 17.5. The standard InChI is InChI=1S/C19H28N6O3.CH2O2/c1-28-16-9-14(19(27)22-12-17-20-7-8-21-17)5-6-15(16)25-18(26)4-2-3-13-10-23-24-11-13;2-1-3/h7-8,10-11,14-16H,2-6,9,12H2,1H3,(H,20,21)(H,22,27)(H,23,24)(H,25,26);1H,(H,2,3)/t14-,15-,16-;/m0./s1. The van der Waals surface area contributed by atoms with Crippen LogP contribution in [0.4, 0.5) is 0 Å². The van der Waals surface area contributed by atoms with Gasteiger partial charge in [-0.05, 0) is 37.7 Å². The normalized spacial score (nSPS) is 20.2. The molecule has 31 heavy (non-hydrogen) atoms. The molecule has 11 nitrogen and oxygen atoms in total. The lowest BCUT2D eigenvalue weighted by Crippen LogP contribution is -2.49. The van der Waals surface area contributed by atoms with Crippen LogP contribution in [0.3, 0.4) is 0 Å². The minimum absolute atomic E-state index is 0.00309. The fourth-order valence-corrected chi connectivity index (χ4v) is 3.65. The van der Waals surface area contributed by atoms with Gasteiger partial charge in [-0.1, -0.05) is 0 Å². The number of aromatic amines is 2. The molecule has 1 saturated carbocycles. The maximum absolute atomic E-state index is 12.4. The number of ether oxygens (including phenoxy) is 1. The van der Waals surface area contributed by atoms with Crippen LogP contribution in [0.1, 0.15) is 43.5 Å². The number of aromatic nitrogens is 4. The van der Waals surface area contributed by atoms with Gasteiger partial charge in [-0.25, -0.2) is 4.98 Å². The second kappa shape index (κ2) is 13.2. The maximum atomic E-state index is 12.4. The molecule has 3 atom stereocenters. The van der Waals surface area contributed by atoms with E-state index in [0.717, 1.165) is 37.1 Å². The molecule has 1 fully saturated rings. The van der Waals surface area contributed by atoms with Crippen LogP contribution in [-0.2, 0) is 32.1 Å². The van der Waals surface area contributed by atoms with Gasteiger partial charge >= 0.3 is 0 Å². The number of hydrogen-bond donors (Lipinski definition) is 5. The van der Waals surface area contributed by atoms with Crippen molar-refractivity contribution in [2.24, 2.45) is 5.92 Å². The minimum atomic E-state index is -0.250. The van der Waals surface area contributed by atoms with E-state index in [-0.39, 0.29) is 36.4 Å². The molecule has 2 amide bonds. The summed E-state index contributed by atoms with van der Waals surface area (Å²) in [5.74, 6) is 0.641. The molecule has 170 valence electrons. The first-order valence-corrected chi connectivity index (χ1v) is 10.2. The molecule has 0 bridgehead atoms. The first kappa shape index (κ1) is 24.1. The molecule has 0 saturated heterocycles. The van der Waals surface area contributed by atoms with E-state index >= 15 is 0 Å². The molecule has 5 N–H and O–H groups in total. The monoisotopic (exact) mass is 434 g/mol. The third-order valence-electron chi connectivity index (χ3n) is 5.22. The van der Waals surface area contributed by atoms with E-state index in [9.17, 15) is 9.59 Å². The molecule has 2 aromatic heterocycles. The summed E-state index contributed by atoms with van der Waals surface area (Å²) < 4.78 is 5.57. The van der Waals surface area contributed by atoms with Crippen LogP contribution < -0.4 is 10.6 Å². The average molecular weight is 434 g/mol. The van der Waals surface area contributed by atoms with Gasteiger partial charge in [0, 0.05) is 38.0 Å². The van der Waals surface area contributed by atoms with Crippen LogP contribution in [-0.4, -0.2) is 62.8 Å². The fourth-order valence-electron chi connectivity index (χ4n) is 3.65. The Morgan fingerprint density at radius 2 is 2.19 bits per heavy atom. The van der Waals surface area contributed by atoms with Gasteiger partial charge in [-0.3, -0.25) is 19.5 Å². The number of nitrogens with one attached hydrogen (secondary N) is 4. The number of nitrogens with zero attached hydrogens (tertiary/aromatic N) is 2. The molecule has 0 aliphatic heterocycles. The Morgan fingerprint density at radius 1 is 1.39 bits per heavy atom. The molecule has 1 aliphatic carbocycles. The lowest BCUT2D eigenvalue weighted by atomic mass is 9.83. The van der Waals surface area contributed by atoms with E-state index in [0.29, 0.717) is 19.4 Å². The molecular formula is C20H30N6O5. The van der Waals surface area contributed by atoms with E-state index in [1.54, 1.807) is 25.7 Å². The molecule has 2 aromatic rings. The molecule has 1 aliphatic rings. The van der Waals surface area contributed by atoms with Gasteiger partial charge in [-0.2, -0.15) is 5.10 Å². The third-order valence-corrected chi connectivity index (χ3v) is 5.22. The highest BCUT2D eigenvalue weighted by Gasteiger charge is 2.34. The highest BCUT2D eigenvalue weighted by atomic mass is 16.5. The van der Waals surface area contributed by atoms with Crippen LogP contribution in [0.2, 0.25) is 0 Å². The van der Waals surface area contributed by atoms with Gasteiger partial charge in [0.25, 0.3) is 6.47 Å². The maximum Gasteiger partial charge on any atom is 0.290 e. The summed E-state index contributed by atoms with van der Waals surface area (Å²) in [5.41, 5.74) is 1.10. The number of aryl methyl sites for hydroxylation is 1. The van der Waals surface area contributed by atoms with Crippen molar-refractivity contribution < 1.29 is 24.2 Å². The number of H-pyrrole nitrogens is 2. The van der Waals surface area contributed by atoms with Crippen molar-refractivity contribution in [3.8, 4) is 0 Å². The number of carboxylic acid groups (broad SMARTS) is 1. The predicted octanol–water partition coefficient (Wildman–Crippen LogP) is 0.773. The molecule has 2 heterocycles. The topological polar surface area (TPSA) is 162 Å². The summed E-state index contributed by atoms with van der Waals surface area (Å²) in [4.78, 5) is 40.1. The quantitative estimate of drug-likeness (QED) is 0.364. The predicted molar refractivity (Wildman–Crippen MR) is 111 cm³/mol. The molecule has 0 spiro atoms. The zero-order valence-corrected chi connectivity index (χ0v) is 17.5. The molecule has 0 unspecified atom stereocenters. The number of carbonyl (C=O) groups is 3. The Bertz CT molecular complexity index is 780. The lowest BCUT2D eigenvalue weighted by molar-refractivity contribution is -0.129. The van der Waals surface area contributed by atoms with E-state index in [1.807, 2.05) is 6.20 Å². The van der Waals surface area contributed by atoms with Crippen molar-refractivity contribution in [2.75, 3.05) is 7.11 Å². The summed E-state index contributed by atoms with van der Waals surface area (Å²) in [6.45, 7) is 0.136. The third kappa shape index (κ3) is 8.21. The van der Waals surface area contributed by atoms with E-state index < -0.39 is 0 Å². The van der Waals surface area contributed by atoms with Gasteiger partial charge in [0.15, 0.2) is 0 Å². The van der Waals surface area contributed by atoms with Gasteiger partial charge < -0.3 is 25.5 Å². The van der Waals surface area contributed by atoms with Crippen LogP contribution in [0, 0.1) is 5.92 Å². The summed E-state index contributed by atoms with van der Waals surface area (Å²) in [6, 6.07) is -0.0550. The minimum Gasteiger partial charge on any atom is -0.483 e. The smallest absolute Gasteiger partial charge is 0.290 e.